The minimum absolute atomic E-state index is 0.168. The van der Waals surface area contributed by atoms with Gasteiger partial charge in [0.05, 0.1) is 4.34 Å². The standard InChI is InChI=1S/C13H12ClNO2S3/c14-12-5-6-13(19-12)20(16,17)15-10-7-8-18-11-4-2-1-3-9(10)11/h1-6,10,15H,7-8H2. The Balaban J connectivity index is 1.89. The molecule has 106 valence electrons. The number of benzene rings is 1. The highest BCUT2D eigenvalue weighted by atomic mass is 35.5. The summed E-state index contributed by atoms with van der Waals surface area (Å²) in [6.45, 7) is 0. The highest BCUT2D eigenvalue weighted by Gasteiger charge is 2.26. The minimum Gasteiger partial charge on any atom is -0.206 e. The molecule has 0 spiro atoms. The van der Waals surface area contributed by atoms with E-state index in [1.54, 1.807) is 23.9 Å². The lowest BCUT2D eigenvalue weighted by Crippen LogP contribution is -2.30. The predicted octanol–water partition coefficient (Wildman–Crippen LogP) is 3.92. The summed E-state index contributed by atoms with van der Waals surface area (Å²) >= 11 is 8.65. The summed E-state index contributed by atoms with van der Waals surface area (Å²) in [5, 5.41) is 0. The van der Waals surface area contributed by atoms with Crippen LogP contribution in [0.1, 0.15) is 18.0 Å². The molecule has 20 heavy (non-hydrogen) atoms. The third-order valence-corrected chi connectivity index (χ3v) is 7.39. The highest BCUT2D eigenvalue weighted by Crippen LogP contribution is 2.37. The lowest BCUT2D eigenvalue weighted by atomic mass is 10.1. The van der Waals surface area contributed by atoms with Crippen LogP contribution in [0.3, 0.4) is 0 Å². The average Bonchev–Trinajstić information content (AvgIpc) is 2.86. The van der Waals surface area contributed by atoms with Crippen molar-refractivity contribution in [1.29, 1.82) is 0 Å². The molecule has 0 bridgehead atoms. The van der Waals surface area contributed by atoms with Crippen molar-refractivity contribution in [2.75, 3.05) is 5.75 Å². The van der Waals surface area contributed by atoms with Crippen LogP contribution in [0.2, 0.25) is 4.34 Å². The lowest BCUT2D eigenvalue weighted by Gasteiger charge is -2.25. The number of sulfonamides is 1. The molecule has 2 heterocycles. The summed E-state index contributed by atoms with van der Waals surface area (Å²) in [6.07, 6.45) is 0.792. The van der Waals surface area contributed by atoms with E-state index in [1.807, 2.05) is 24.3 Å². The third kappa shape index (κ3) is 2.89. The van der Waals surface area contributed by atoms with Crippen molar-refractivity contribution in [3.05, 3.63) is 46.3 Å². The fourth-order valence-corrected chi connectivity index (χ4v) is 6.03. The van der Waals surface area contributed by atoms with Gasteiger partial charge in [-0.3, -0.25) is 0 Å². The number of thiophene rings is 1. The fraction of sp³-hybridized carbons (Fsp3) is 0.231. The molecule has 0 aliphatic carbocycles. The number of hydrogen-bond acceptors (Lipinski definition) is 4. The monoisotopic (exact) mass is 345 g/mol. The Hall–Kier alpha value is -0.530. The Morgan fingerprint density at radius 1 is 1.20 bits per heavy atom. The van der Waals surface area contributed by atoms with Crippen LogP contribution in [0.5, 0.6) is 0 Å². The molecule has 2 aromatic rings. The smallest absolute Gasteiger partial charge is 0.206 e. The van der Waals surface area contributed by atoms with Crippen LogP contribution < -0.4 is 4.72 Å². The van der Waals surface area contributed by atoms with Crippen LogP contribution in [-0.4, -0.2) is 14.2 Å². The predicted molar refractivity (Wildman–Crippen MR) is 84.2 cm³/mol. The van der Waals surface area contributed by atoms with Gasteiger partial charge in [-0.25, -0.2) is 13.1 Å². The van der Waals surface area contributed by atoms with E-state index in [9.17, 15) is 8.42 Å². The fourth-order valence-electron chi connectivity index (χ4n) is 2.15. The van der Waals surface area contributed by atoms with Gasteiger partial charge in [0.1, 0.15) is 4.21 Å². The maximum atomic E-state index is 12.4. The van der Waals surface area contributed by atoms with Gasteiger partial charge in [0.2, 0.25) is 0 Å². The molecular weight excluding hydrogens is 334 g/mol. The zero-order chi connectivity index (χ0) is 14.2. The van der Waals surface area contributed by atoms with Gasteiger partial charge in [-0.05, 0) is 35.9 Å². The van der Waals surface area contributed by atoms with Gasteiger partial charge in [0.25, 0.3) is 10.0 Å². The van der Waals surface area contributed by atoms with Gasteiger partial charge in [0.15, 0.2) is 0 Å². The minimum atomic E-state index is -3.51. The van der Waals surface area contributed by atoms with Crippen molar-refractivity contribution in [2.24, 2.45) is 0 Å². The molecule has 1 aliphatic heterocycles. The van der Waals surface area contributed by atoms with Crippen LogP contribution in [0.4, 0.5) is 0 Å². The van der Waals surface area contributed by atoms with E-state index in [1.165, 1.54) is 0 Å². The zero-order valence-corrected chi connectivity index (χ0v) is 13.6. The molecule has 3 nitrogen and oxygen atoms in total. The van der Waals surface area contributed by atoms with E-state index >= 15 is 0 Å². The van der Waals surface area contributed by atoms with E-state index in [2.05, 4.69) is 4.72 Å². The molecule has 0 saturated carbocycles. The molecule has 7 heteroatoms. The van der Waals surface area contributed by atoms with Crippen LogP contribution in [0.25, 0.3) is 0 Å². The van der Waals surface area contributed by atoms with Crippen molar-refractivity contribution in [3.8, 4) is 0 Å². The molecule has 0 amide bonds. The summed E-state index contributed by atoms with van der Waals surface area (Å²) in [7, 11) is -3.51. The van der Waals surface area contributed by atoms with Gasteiger partial charge in [-0.1, -0.05) is 29.8 Å². The quantitative estimate of drug-likeness (QED) is 0.917. The van der Waals surface area contributed by atoms with Gasteiger partial charge in [-0.2, -0.15) is 0 Å². The van der Waals surface area contributed by atoms with E-state index < -0.39 is 10.0 Å². The second-order valence-corrected chi connectivity index (χ2v) is 9.20. The van der Waals surface area contributed by atoms with E-state index in [-0.39, 0.29) is 10.3 Å². The van der Waals surface area contributed by atoms with Gasteiger partial charge >= 0.3 is 0 Å². The summed E-state index contributed by atoms with van der Waals surface area (Å²) in [5.74, 6) is 0.912. The summed E-state index contributed by atoms with van der Waals surface area (Å²) in [6, 6.07) is 10.9. The molecule has 3 rings (SSSR count). The molecule has 1 aromatic heterocycles. The first kappa shape index (κ1) is 14.4. The Morgan fingerprint density at radius 2 is 2.00 bits per heavy atom. The first-order valence-electron chi connectivity index (χ1n) is 6.06. The maximum Gasteiger partial charge on any atom is 0.250 e. The molecule has 0 saturated heterocycles. The van der Waals surface area contributed by atoms with Crippen LogP contribution in [0, 0.1) is 0 Å². The molecule has 0 fully saturated rings. The largest absolute Gasteiger partial charge is 0.250 e. The zero-order valence-electron chi connectivity index (χ0n) is 10.4. The summed E-state index contributed by atoms with van der Waals surface area (Å²) in [4.78, 5) is 1.15. The molecule has 1 aromatic carbocycles. The number of hydrogen-bond donors (Lipinski definition) is 1. The topological polar surface area (TPSA) is 46.2 Å². The lowest BCUT2D eigenvalue weighted by molar-refractivity contribution is 0.548. The third-order valence-electron chi connectivity index (χ3n) is 3.07. The van der Waals surface area contributed by atoms with Crippen molar-refractivity contribution in [1.82, 2.24) is 4.72 Å². The Kier molecular flexibility index (Phi) is 4.10. The molecular formula is C13H12ClNO2S3. The van der Waals surface area contributed by atoms with Crippen molar-refractivity contribution < 1.29 is 8.42 Å². The SMILES string of the molecule is O=S(=O)(NC1CCSc2ccccc21)c1ccc(Cl)s1. The van der Waals surface area contributed by atoms with Crippen LogP contribution >= 0.6 is 34.7 Å². The number of thioether (sulfide) groups is 1. The Morgan fingerprint density at radius 3 is 2.75 bits per heavy atom. The van der Waals surface area contributed by atoms with Crippen molar-refractivity contribution in [3.63, 3.8) is 0 Å². The number of rotatable bonds is 3. The van der Waals surface area contributed by atoms with Crippen molar-refractivity contribution in [2.45, 2.75) is 21.6 Å². The molecule has 0 radical (unpaired) electrons. The summed E-state index contributed by atoms with van der Waals surface area (Å²) < 4.78 is 28.2. The molecule has 1 atom stereocenters. The average molecular weight is 346 g/mol. The highest BCUT2D eigenvalue weighted by molar-refractivity contribution is 7.99. The van der Waals surface area contributed by atoms with Gasteiger partial charge in [-0.15, -0.1) is 23.1 Å². The van der Waals surface area contributed by atoms with E-state index in [0.29, 0.717) is 4.34 Å². The Bertz CT molecular complexity index is 727. The van der Waals surface area contributed by atoms with E-state index in [4.69, 9.17) is 11.6 Å². The number of halogens is 1. The normalized spacial score (nSPS) is 18.8. The van der Waals surface area contributed by atoms with Crippen LogP contribution in [-0.2, 0) is 10.0 Å². The van der Waals surface area contributed by atoms with Gasteiger partial charge < -0.3 is 0 Å². The summed E-state index contributed by atoms with van der Waals surface area (Å²) in [5.41, 5.74) is 1.05. The second kappa shape index (κ2) is 5.69. The van der Waals surface area contributed by atoms with Gasteiger partial charge in [0, 0.05) is 10.9 Å². The molecule has 1 aliphatic rings. The van der Waals surface area contributed by atoms with Crippen LogP contribution in [0.15, 0.2) is 45.5 Å². The second-order valence-electron chi connectivity index (χ2n) is 4.41. The first-order valence-corrected chi connectivity index (χ1v) is 9.72. The van der Waals surface area contributed by atoms with Crippen molar-refractivity contribution >= 4 is 44.7 Å². The Labute approximate surface area is 131 Å². The molecule has 1 N–H and O–H groups in total. The molecule has 1 unspecified atom stereocenters. The maximum absolute atomic E-state index is 12.4. The van der Waals surface area contributed by atoms with E-state index in [0.717, 1.165) is 34.0 Å². The first-order chi connectivity index (χ1) is 9.56. The number of nitrogens with one attached hydrogen (secondary N) is 1. The number of fused-ring (bicyclic) bond motifs is 1.